The van der Waals surface area contributed by atoms with Crippen molar-refractivity contribution in [3.63, 3.8) is 0 Å². The second-order valence-electron chi connectivity index (χ2n) is 5.15. The third-order valence-electron chi connectivity index (χ3n) is 3.38. The molecule has 9 nitrogen and oxygen atoms in total. The lowest BCUT2D eigenvalue weighted by Crippen LogP contribution is -2.25. The summed E-state index contributed by atoms with van der Waals surface area (Å²) in [6.07, 6.45) is 1.01. The number of carbonyl (C=O) groups is 1. The van der Waals surface area contributed by atoms with Crippen molar-refractivity contribution < 1.29 is 33.0 Å². The van der Waals surface area contributed by atoms with Crippen molar-refractivity contribution in [1.82, 2.24) is 5.32 Å². The van der Waals surface area contributed by atoms with Crippen LogP contribution in [0.3, 0.4) is 0 Å². The summed E-state index contributed by atoms with van der Waals surface area (Å²) in [6.45, 7) is -0.177. The van der Waals surface area contributed by atoms with Crippen molar-refractivity contribution in [2.45, 2.75) is 5.66 Å². The molecular formula is C13H12BrF2N4O5PS. The maximum Gasteiger partial charge on any atom is 0.400 e. The van der Waals surface area contributed by atoms with Gasteiger partial charge in [0.1, 0.15) is 10.6 Å². The molecule has 0 saturated carbocycles. The second-order valence-corrected chi connectivity index (χ2v) is 8.62. The number of nitrogens with zero attached hydrogens (tertiary/aromatic N) is 1. The summed E-state index contributed by atoms with van der Waals surface area (Å²) < 4.78 is 38.8. The second kappa shape index (κ2) is 7.60. The molecule has 0 radical (unpaired) electrons. The van der Waals surface area contributed by atoms with E-state index >= 15 is 0 Å². The Kier molecular flexibility index (Phi) is 6.02. The van der Waals surface area contributed by atoms with Crippen LogP contribution in [-0.2, 0) is 10.2 Å². The van der Waals surface area contributed by atoms with Crippen LogP contribution in [-0.4, -0.2) is 27.3 Å². The van der Waals surface area contributed by atoms with Gasteiger partial charge in [0.15, 0.2) is 0 Å². The van der Waals surface area contributed by atoms with Gasteiger partial charge >= 0.3 is 13.3 Å². The fraction of sp³-hybridized carbons (Fsp3) is 0.154. The quantitative estimate of drug-likeness (QED) is 0.271. The third-order valence-corrected chi connectivity index (χ3v) is 6.87. The molecule has 14 heteroatoms. The summed E-state index contributed by atoms with van der Waals surface area (Å²) in [7, 11) is -5.81. The summed E-state index contributed by atoms with van der Waals surface area (Å²) in [6, 6.07) is 2.19. The molecule has 7 N–H and O–H groups in total. The summed E-state index contributed by atoms with van der Waals surface area (Å²) in [5.74, 6) is -1.23. The predicted molar refractivity (Wildman–Crippen MR) is 96.9 cm³/mol. The number of phenols is 1. The van der Waals surface area contributed by atoms with Gasteiger partial charge in [0.05, 0.1) is 16.9 Å². The molecule has 0 saturated heterocycles. The highest BCUT2D eigenvalue weighted by molar-refractivity contribution is 9.10. The lowest BCUT2D eigenvalue weighted by Gasteiger charge is -2.16. The molecule has 0 spiro atoms. The Labute approximate surface area is 162 Å². The van der Waals surface area contributed by atoms with Gasteiger partial charge in [-0.1, -0.05) is 0 Å². The number of halogens is 3. The first kappa shape index (κ1) is 21.4. The van der Waals surface area contributed by atoms with Crippen molar-refractivity contribution in [2.24, 2.45) is 10.8 Å². The molecule has 1 heterocycles. The zero-order valence-electron chi connectivity index (χ0n) is 13.1. The van der Waals surface area contributed by atoms with Crippen molar-refractivity contribution in [3.05, 3.63) is 38.9 Å². The number of alkyl halides is 2. The number of amides is 1. The number of thiophene rings is 1. The molecule has 1 aromatic carbocycles. The normalized spacial score (nSPS) is 13.0. The number of nitrogens with one attached hydrogen (secondary N) is 2. The molecule has 1 amide bonds. The molecule has 146 valence electrons. The van der Waals surface area contributed by atoms with Crippen LogP contribution >= 0.6 is 34.9 Å². The minimum absolute atomic E-state index is 0.0203. The van der Waals surface area contributed by atoms with Gasteiger partial charge in [0.25, 0.3) is 5.91 Å². The average Bonchev–Trinajstić information content (AvgIpc) is 2.92. The first-order valence-corrected chi connectivity index (χ1v) is 10.1. The Bertz CT molecular complexity index is 1010. The Morgan fingerprint density at radius 1 is 1.48 bits per heavy atom. The van der Waals surface area contributed by atoms with Crippen molar-refractivity contribution in [1.29, 1.82) is 5.53 Å². The molecule has 1 aromatic heterocycles. The van der Waals surface area contributed by atoms with E-state index in [2.05, 4.69) is 26.4 Å². The predicted octanol–water partition coefficient (Wildman–Crippen LogP) is 3.16. The summed E-state index contributed by atoms with van der Waals surface area (Å²) in [4.78, 5) is 29.0. The largest absolute Gasteiger partial charge is 0.506 e. The molecule has 0 unspecified atom stereocenters. The highest BCUT2D eigenvalue weighted by Crippen LogP contribution is 2.63. The highest BCUT2D eigenvalue weighted by atomic mass is 79.9. The lowest BCUT2D eigenvalue weighted by molar-refractivity contribution is 0.0595. The molecule has 27 heavy (non-hydrogen) atoms. The van der Waals surface area contributed by atoms with Gasteiger partial charge in [-0.15, -0.1) is 11.3 Å². The molecule has 0 fully saturated rings. The Hall–Kier alpha value is -1.92. The number of fused-ring (bicyclic) bond motifs is 1. The van der Waals surface area contributed by atoms with E-state index in [1.54, 1.807) is 0 Å². The Morgan fingerprint density at radius 2 is 2.11 bits per heavy atom. The number of carbonyl (C=O) groups excluding carboxylic acids is 1. The summed E-state index contributed by atoms with van der Waals surface area (Å²) in [5.41, 5.74) is 7.52. The fourth-order valence-corrected chi connectivity index (χ4v) is 4.94. The summed E-state index contributed by atoms with van der Waals surface area (Å²) in [5, 5.41) is 15.5. The van der Waals surface area contributed by atoms with Gasteiger partial charge in [0, 0.05) is 21.6 Å². The number of phenolic OH excluding ortho intramolecular Hbond substituents is 1. The standard InChI is InChI=1S/C13H12BrF2N4O5PS/c14-9-7-1-5(12(22)19-4-6(3-17)20-18)2-8(21)10(7)27-11(9)13(15,16)26(23,24)25/h1-3,18,21H,4,17H2,(H,19,22)(H2,23,24,25)/b6-3-,20-18?. The average molecular weight is 485 g/mol. The monoisotopic (exact) mass is 484 g/mol. The molecule has 0 bridgehead atoms. The topological polar surface area (TPSA) is 169 Å². The number of hydrogen-bond donors (Lipinski definition) is 6. The van der Waals surface area contributed by atoms with Gasteiger partial charge in [-0.25, -0.2) is 5.53 Å². The first-order chi connectivity index (χ1) is 12.4. The number of hydrogen-bond acceptors (Lipinski definition) is 7. The molecule has 0 aliphatic rings. The molecular weight excluding hydrogens is 473 g/mol. The van der Waals surface area contributed by atoms with Crippen LogP contribution in [0.2, 0.25) is 0 Å². The Balaban J connectivity index is 2.50. The smallest absolute Gasteiger partial charge is 0.400 e. The molecule has 0 aliphatic heterocycles. The molecule has 0 aliphatic carbocycles. The van der Waals surface area contributed by atoms with Crippen molar-refractivity contribution in [3.8, 4) is 5.75 Å². The number of rotatable bonds is 6. The van der Waals surface area contributed by atoms with Gasteiger partial charge in [0.2, 0.25) is 0 Å². The number of nitrogens with two attached hydrogens (primary N) is 1. The van der Waals surface area contributed by atoms with E-state index in [0.717, 1.165) is 12.3 Å². The van der Waals surface area contributed by atoms with E-state index in [-0.39, 0.29) is 32.4 Å². The minimum Gasteiger partial charge on any atom is -0.506 e. The zero-order chi connectivity index (χ0) is 20.6. The van der Waals surface area contributed by atoms with Crippen LogP contribution in [0.15, 0.2) is 33.6 Å². The fourth-order valence-electron chi connectivity index (χ4n) is 2.02. The zero-order valence-corrected chi connectivity index (χ0v) is 16.4. The van der Waals surface area contributed by atoms with E-state index in [4.69, 9.17) is 21.1 Å². The van der Waals surface area contributed by atoms with Gasteiger partial charge in [-0.05, 0) is 28.1 Å². The van der Waals surface area contributed by atoms with Crippen molar-refractivity contribution in [2.75, 3.05) is 6.54 Å². The minimum atomic E-state index is -5.81. The highest BCUT2D eigenvalue weighted by Gasteiger charge is 2.53. The van der Waals surface area contributed by atoms with Crippen LogP contribution in [0.4, 0.5) is 8.78 Å². The van der Waals surface area contributed by atoms with Crippen LogP contribution in [0, 0.1) is 5.53 Å². The van der Waals surface area contributed by atoms with Crippen molar-refractivity contribution >= 4 is 50.9 Å². The molecule has 0 atom stereocenters. The molecule has 2 aromatic rings. The van der Waals surface area contributed by atoms with E-state index in [1.165, 1.54) is 6.07 Å². The SMILES string of the molecule is N=N/C(=C\N)CNC(=O)c1cc(O)c2sc(C(F)(F)P(=O)(O)O)c(Br)c2c1. The summed E-state index contributed by atoms with van der Waals surface area (Å²) >= 11 is 3.16. The van der Waals surface area contributed by atoms with Crippen LogP contribution in [0.25, 0.3) is 10.1 Å². The maximum atomic E-state index is 14.1. The van der Waals surface area contributed by atoms with Crippen LogP contribution < -0.4 is 11.1 Å². The van der Waals surface area contributed by atoms with Gasteiger partial charge in [-0.2, -0.15) is 13.9 Å². The van der Waals surface area contributed by atoms with E-state index in [1.807, 2.05) is 0 Å². The first-order valence-electron chi connectivity index (χ1n) is 6.89. The maximum absolute atomic E-state index is 14.1. The van der Waals surface area contributed by atoms with Gasteiger partial charge in [-0.3, -0.25) is 9.36 Å². The lowest BCUT2D eigenvalue weighted by atomic mass is 10.1. The van der Waals surface area contributed by atoms with Crippen LogP contribution in [0.5, 0.6) is 5.75 Å². The van der Waals surface area contributed by atoms with E-state index in [9.17, 15) is 23.2 Å². The molecule has 2 rings (SSSR count). The number of benzene rings is 1. The van der Waals surface area contributed by atoms with Crippen LogP contribution in [0.1, 0.15) is 15.2 Å². The van der Waals surface area contributed by atoms with E-state index < -0.39 is 29.8 Å². The number of aromatic hydroxyl groups is 1. The third kappa shape index (κ3) is 4.01. The van der Waals surface area contributed by atoms with E-state index in [0.29, 0.717) is 11.3 Å². The van der Waals surface area contributed by atoms with Gasteiger partial charge < -0.3 is 25.9 Å². The Morgan fingerprint density at radius 3 is 2.63 bits per heavy atom.